The minimum absolute atomic E-state index is 0.683. The van der Waals surface area contributed by atoms with Crippen LogP contribution in [0.15, 0.2) is 60.7 Å². The zero-order valence-electron chi connectivity index (χ0n) is 10.4. The molecular formula is C16H13N3. The normalized spacial score (nSPS) is 13.6. The molecule has 2 aromatic carbocycles. The van der Waals surface area contributed by atoms with E-state index in [1.807, 2.05) is 42.5 Å². The van der Waals surface area contributed by atoms with Crippen molar-refractivity contribution >= 4 is 11.4 Å². The van der Waals surface area contributed by atoms with Crippen molar-refractivity contribution in [1.29, 1.82) is 5.26 Å². The van der Waals surface area contributed by atoms with Crippen LogP contribution in [0.25, 0.3) is 5.70 Å². The number of hydrazine groups is 1. The Morgan fingerprint density at radius 2 is 1.74 bits per heavy atom. The van der Waals surface area contributed by atoms with Crippen molar-refractivity contribution < 1.29 is 0 Å². The van der Waals surface area contributed by atoms with Crippen LogP contribution in [0.5, 0.6) is 0 Å². The van der Waals surface area contributed by atoms with Crippen LogP contribution in [0.3, 0.4) is 0 Å². The molecule has 0 bridgehead atoms. The topological polar surface area (TPSA) is 39.1 Å². The molecule has 1 aliphatic rings. The van der Waals surface area contributed by atoms with E-state index in [-0.39, 0.29) is 0 Å². The summed E-state index contributed by atoms with van der Waals surface area (Å²) in [5.74, 6) is 0. The molecule has 0 saturated carbocycles. The molecule has 19 heavy (non-hydrogen) atoms. The largest absolute Gasteiger partial charge is 0.298 e. The van der Waals surface area contributed by atoms with Crippen LogP contribution in [-0.4, -0.2) is 6.54 Å². The maximum Gasteiger partial charge on any atom is 0.0991 e. The van der Waals surface area contributed by atoms with Crippen LogP contribution in [0.1, 0.15) is 11.1 Å². The Balaban J connectivity index is 1.76. The lowest BCUT2D eigenvalue weighted by atomic mass is 10.1. The van der Waals surface area contributed by atoms with Gasteiger partial charge in [-0.05, 0) is 35.9 Å². The Kier molecular flexibility index (Phi) is 2.91. The number of nitriles is 1. The van der Waals surface area contributed by atoms with E-state index in [2.05, 4.69) is 34.7 Å². The van der Waals surface area contributed by atoms with Crippen molar-refractivity contribution in [2.24, 2.45) is 0 Å². The van der Waals surface area contributed by atoms with Crippen molar-refractivity contribution in [3.8, 4) is 6.07 Å². The summed E-state index contributed by atoms with van der Waals surface area (Å²) in [6, 6.07) is 19.9. The van der Waals surface area contributed by atoms with Crippen molar-refractivity contribution in [2.45, 2.75) is 0 Å². The number of hydrogen-bond acceptors (Lipinski definition) is 3. The second-order valence-electron chi connectivity index (χ2n) is 4.36. The second-order valence-corrected chi connectivity index (χ2v) is 4.36. The first-order chi connectivity index (χ1) is 9.36. The Hall–Kier alpha value is -2.73. The fraction of sp³-hybridized carbons (Fsp3) is 0.0625. The lowest BCUT2D eigenvalue weighted by Crippen LogP contribution is -2.31. The summed E-state index contributed by atoms with van der Waals surface area (Å²) in [5, 5.41) is 10.9. The molecule has 0 atom stereocenters. The average molecular weight is 247 g/mol. The smallest absolute Gasteiger partial charge is 0.0991 e. The fourth-order valence-corrected chi connectivity index (χ4v) is 2.10. The number of benzene rings is 2. The maximum atomic E-state index is 8.80. The second kappa shape index (κ2) is 4.87. The van der Waals surface area contributed by atoms with E-state index in [9.17, 15) is 0 Å². The monoisotopic (exact) mass is 247 g/mol. The van der Waals surface area contributed by atoms with Gasteiger partial charge in [-0.15, -0.1) is 0 Å². The van der Waals surface area contributed by atoms with Gasteiger partial charge in [0.1, 0.15) is 0 Å². The quantitative estimate of drug-likeness (QED) is 0.886. The standard InChI is InChI=1S/C16H13N3/c17-12-13-6-8-14(9-7-13)16-10-11-19(18-16)15-4-2-1-3-5-15/h1-10,18H,11H2. The van der Waals surface area contributed by atoms with Gasteiger partial charge in [-0.1, -0.05) is 30.3 Å². The summed E-state index contributed by atoms with van der Waals surface area (Å²) in [6.45, 7) is 0.833. The number of rotatable bonds is 2. The summed E-state index contributed by atoms with van der Waals surface area (Å²) in [4.78, 5) is 0. The van der Waals surface area contributed by atoms with Gasteiger partial charge in [0.15, 0.2) is 0 Å². The lowest BCUT2D eigenvalue weighted by Gasteiger charge is -2.20. The van der Waals surface area contributed by atoms with Gasteiger partial charge in [-0.25, -0.2) is 0 Å². The van der Waals surface area contributed by atoms with E-state index in [0.29, 0.717) is 5.56 Å². The highest BCUT2D eigenvalue weighted by molar-refractivity contribution is 5.70. The van der Waals surface area contributed by atoms with Crippen molar-refractivity contribution in [3.05, 3.63) is 71.8 Å². The van der Waals surface area contributed by atoms with Crippen LogP contribution in [0.2, 0.25) is 0 Å². The first kappa shape index (κ1) is 11.4. The first-order valence-electron chi connectivity index (χ1n) is 6.17. The molecular weight excluding hydrogens is 234 g/mol. The van der Waals surface area contributed by atoms with E-state index >= 15 is 0 Å². The molecule has 2 aromatic rings. The summed E-state index contributed by atoms with van der Waals surface area (Å²) in [6.07, 6.45) is 2.15. The minimum atomic E-state index is 0.683. The molecule has 92 valence electrons. The highest BCUT2D eigenvalue weighted by atomic mass is 15.5. The molecule has 0 unspecified atom stereocenters. The third-order valence-corrected chi connectivity index (χ3v) is 3.13. The number of anilines is 1. The third-order valence-electron chi connectivity index (χ3n) is 3.13. The number of hydrogen-bond donors (Lipinski definition) is 1. The SMILES string of the molecule is N#Cc1ccc(C2=CCN(c3ccccc3)N2)cc1. The maximum absolute atomic E-state index is 8.80. The molecule has 0 aliphatic carbocycles. The van der Waals surface area contributed by atoms with Crippen LogP contribution >= 0.6 is 0 Å². The number of nitrogens with zero attached hydrogens (tertiary/aromatic N) is 2. The van der Waals surface area contributed by atoms with E-state index < -0.39 is 0 Å². The third kappa shape index (κ3) is 2.29. The molecule has 0 radical (unpaired) electrons. The Bertz CT molecular complexity index is 636. The Labute approximate surface area is 112 Å². The lowest BCUT2D eigenvalue weighted by molar-refractivity contribution is 0.852. The molecule has 0 spiro atoms. The number of nitrogens with one attached hydrogen (secondary N) is 1. The van der Waals surface area contributed by atoms with E-state index in [0.717, 1.165) is 23.5 Å². The van der Waals surface area contributed by atoms with Gasteiger partial charge in [0.25, 0.3) is 0 Å². The van der Waals surface area contributed by atoms with Crippen molar-refractivity contribution in [1.82, 2.24) is 5.43 Å². The molecule has 0 saturated heterocycles. The van der Waals surface area contributed by atoms with Gasteiger partial charge < -0.3 is 0 Å². The van der Waals surface area contributed by atoms with E-state index in [1.54, 1.807) is 0 Å². The van der Waals surface area contributed by atoms with Crippen molar-refractivity contribution in [2.75, 3.05) is 11.6 Å². The highest BCUT2D eigenvalue weighted by Gasteiger charge is 2.14. The van der Waals surface area contributed by atoms with Gasteiger partial charge >= 0.3 is 0 Å². The average Bonchev–Trinajstić information content (AvgIpc) is 2.98. The Morgan fingerprint density at radius 3 is 2.42 bits per heavy atom. The summed E-state index contributed by atoms with van der Waals surface area (Å²) in [5.41, 5.74) is 7.37. The highest BCUT2D eigenvalue weighted by Crippen LogP contribution is 2.21. The van der Waals surface area contributed by atoms with Gasteiger partial charge in [0, 0.05) is 0 Å². The molecule has 3 heteroatoms. The molecule has 1 N–H and O–H groups in total. The number of para-hydroxylation sites is 1. The molecule has 3 rings (SSSR count). The van der Waals surface area contributed by atoms with Crippen molar-refractivity contribution in [3.63, 3.8) is 0 Å². The predicted octanol–water partition coefficient (Wildman–Crippen LogP) is 2.92. The van der Waals surface area contributed by atoms with Gasteiger partial charge in [0.05, 0.1) is 29.6 Å². The van der Waals surface area contributed by atoms with Crippen LogP contribution in [0, 0.1) is 11.3 Å². The van der Waals surface area contributed by atoms with E-state index in [1.165, 1.54) is 0 Å². The van der Waals surface area contributed by atoms with Crippen LogP contribution in [-0.2, 0) is 0 Å². The summed E-state index contributed by atoms with van der Waals surface area (Å²) >= 11 is 0. The predicted molar refractivity (Wildman–Crippen MR) is 76.1 cm³/mol. The molecule has 0 amide bonds. The minimum Gasteiger partial charge on any atom is -0.298 e. The van der Waals surface area contributed by atoms with Gasteiger partial charge in [-0.3, -0.25) is 10.4 Å². The van der Waals surface area contributed by atoms with Gasteiger partial charge in [-0.2, -0.15) is 5.26 Å². The van der Waals surface area contributed by atoms with Crippen LogP contribution in [0.4, 0.5) is 5.69 Å². The zero-order valence-corrected chi connectivity index (χ0v) is 10.4. The van der Waals surface area contributed by atoms with Crippen LogP contribution < -0.4 is 10.4 Å². The van der Waals surface area contributed by atoms with Gasteiger partial charge in [0.2, 0.25) is 0 Å². The summed E-state index contributed by atoms with van der Waals surface area (Å²) < 4.78 is 0. The summed E-state index contributed by atoms with van der Waals surface area (Å²) in [7, 11) is 0. The molecule has 0 aromatic heterocycles. The molecule has 1 heterocycles. The fourth-order valence-electron chi connectivity index (χ4n) is 2.10. The molecule has 3 nitrogen and oxygen atoms in total. The first-order valence-corrected chi connectivity index (χ1v) is 6.17. The molecule has 0 fully saturated rings. The zero-order chi connectivity index (χ0) is 13.1. The Morgan fingerprint density at radius 1 is 1.00 bits per heavy atom. The van der Waals surface area contributed by atoms with E-state index in [4.69, 9.17) is 5.26 Å². The molecule has 1 aliphatic heterocycles.